The number of hydrogen-bond donors (Lipinski definition) is 1. The van der Waals surface area contributed by atoms with E-state index < -0.39 is 6.04 Å². The second kappa shape index (κ2) is 6.00. The third-order valence-electron chi connectivity index (χ3n) is 3.49. The maximum absolute atomic E-state index is 12.1. The maximum atomic E-state index is 12.1. The molecule has 5 heteroatoms. The number of aromatic nitrogens is 1. The van der Waals surface area contributed by atoms with Crippen LogP contribution in [-0.4, -0.2) is 29.1 Å². The van der Waals surface area contributed by atoms with E-state index in [9.17, 15) is 4.79 Å². The molecule has 0 aliphatic heterocycles. The summed E-state index contributed by atoms with van der Waals surface area (Å²) in [5, 5.41) is 3.88. The quantitative estimate of drug-likeness (QED) is 0.865. The number of carbonyl (C=O) groups is 1. The Balaban J connectivity index is 2.71. The molecule has 1 aromatic heterocycles. The number of aryl methyl sites for hydroxylation is 2. The summed E-state index contributed by atoms with van der Waals surface area (Å²) < 4.78 is 5.09. The van der Waals surface area contributed by atoms with Gasteiger partial charge in [0.1, 0.15) is 5.76 Å². The largest absolute Gasteiger partial charge is 0.361 e. The summed E-state index contributed by atoms with van der Waals surface area (Å²) in [5.74, 6) is 0.901. The Morgan fingerprint density at radius 2 is 2.11 bits per heavy atom. The van der Waals surface area contributed by atoms with Gasteiger partial charge in [0.15, 0.2) is 0 Å². The van der Waals surface area contributed by atoms with Crippen molar-refractivity contribution in [3.05, 3.63) is 17.0 Å². The molecule has 0 spiro atoms. The molecule has 1 aromatic rings. The summed E-state index contributed by atoms with van der Waals surface area (Å²) in [6.45, 7) is 8.24. The van der Waals surface area contributed by atoms with Crippen molar-refractivity contribution in [3.63, 3.8) is 0 Å². The Labute approximate surface area is 108 Å². The van der Waals surface area contributed by atoms with Crippen LogP contribution in [0.3, 0.4) is 0 Å². The third kappa shape index (κ3) is 3.10. The minimum atomic E-state index is -0.444. The Morgan fingerprint density at radius 3 is 2.56 bits per heavy atom. The molecule has 2 atom stereocenters. The van der Waals surface area contributed by atoms with Crippen molar-refractivity contribution in [2.45, 2.75) is 46.7 Å². The normalized spacial score (nSPS) is 14.3. The lowest BCUT2D eigenvalue weighted by Gasteiger charge is -2.24. The molecule has 0 bridgehead atoms. The lowest BCUT2D eigenvalue weighted by Crippen LogP contribution is -2.45. The first kappa shape index (κ1) is 14.7. The van der Waals surface area contributed by atoms with Gasteiger partial charge in [-0.2, -0.15) is 0 Å². The van der Waals surface area contributed by atoms with E-state index in [0.717, 1.165) is 23.4 Å². The summed E-state index contributed by atoms with van der Waals surface area (Å²) >= 11 is 0. The number of amides is 1. The number of hydrogen-bond acceptors (Lipinski definition) is 4. The van der Waals surface area contributed by atoms with Crippen molar-refractivity contribution in [2.24, 2.45) is 11.7 Å². The number of nitrogens with two attached hydrogens (primary N) is 1. The Kier molecular flexibility index (Phi) is 4.90. The summed E-state index contributed by atoms with van der Waals surface area (Å²) in [4.78, 5) is 13.8. The predicted octanol–water partition coefficient (Wildman–Crippen LogP) is 1.62. The molecule has 1 heterocycles. The van der Waals surface area contributed by atoms with Gasteiger partial charge in [-0.25, -0.2) is 0 Å². The van der Waals surface area contributed by atoms with Gasteiger partial charge in [-0.05, 0) is 19.8 Å². The van der Waals surface area contributed by atoms with Gasteiger partial charge in [-0.1, -0.05) is 25.4 Å². The van der Waals surface area contributed by atoms with Gasteiger partial charge in [0.25, 0.3) is 0 Å². The van der Waals surface area contributed by atoms with Crippen molar-refractivity contribution in [3.8, 4) is 0 Å². The van der Waals surface area contributed by atoms with E-state index in [2.05, 4.69) is 5.16 Å². The van der Waals surface area contributed by atoms with Crippen LogP contribution in [0.5, 0.6) is 0 Å². The van der Waals surface area contributed by atoms with Crippen LogP contribution in [0.15, 0.2) is 4.52 Å². The van der Waals surface area contributed by atoms with E-state index >= 15 is 0 Å². The highest BCUT2D eigenvalue weighted by Crippen LogP contribution is 2.16. The molecule has 18 heavy (non-hydrogen) atoms. The highest BCUT2D eigenvalue weighted by atomic mass is 16.5. The lowest BCUT2D eigenvalue weighted by atomic mass is 9.99. The lowest BCUT2D eigenvalue weighted by molar-refractivity contribution is -0.132. The van der Waals surface area contributed by atoms with Gasteiger partial charge < -0.3 is 15.2 Å². The average Bonchev–Trinajstić information content (AvgIpc) is 2.67. The molecule has 1 rings (SSSR count). The fraction of sp³-hybridized carbons (Fsp3) is 0.692. The minimum absolute atomic E-state index is 0.0376. The second-order valence-corrected chi connectivity index (χ2v) is 4.91. The zero-order valence-electron chi connectivity index (χ0n) is 11.9. The van der Waals surface area contributed by atoms with Crippen LogP contribution in [0, 0.1) is 19.8 Å². The van der Waals surface area contributed by atoms with E-state index in [-0.39, 0.29) is 11.8 Å². The Morgan fingerprint density at radius 1 is 1.50 bits per heavy atom. The van der Waals surface area contributed by atoms with Gasteiger partial charge in [-0.15, -0.1) is 0 Å². The smallest absolute Gasteiger partial charge is 0.239 e. The van der Waals surface area contributed by atoms with Crippen LogP contribution < -0.4 is 5.73 Å². The maximum Gasteiger partial charge on any atom is 0.239 e. The highest BCUT2D eigenvalue weighted by molar-refractivity contribution is 5.81. The molecule has 5 nitrogen and oxygen atoms in total. The van der Waals surface area contributed by atoms with E-state index in [4.69, 9.17) is 10.3 Å². The van der Waals surface area contributed by atoms with Crippen molar-refractivity contribution in [1.29, 1.82) is 0 Å². The Hall–Kier alpha value is -1.36. The first-order valence-electron chi connectivity index (χ1n) is 6.30. The summed E-state index contributed by atoms with van der Waals surface area (Å²) in [6, 6.07) is -0.444. The molecule has 1 amide bonds. The van der Waals surface area contributed by atoms with Gasteiger partial charge in [0.2, 0.25) is 5.91 Å². The van der Waals surface area contributed by atoms with Crippen LogP contribution in [0.4, 0.5) is 0 Å². The molecule has 0 saturated heterocycles. The van der Waals surface area contributed by atoms with Crippen LogP contribution >= 0.6 is 0 Å². The van der Waals surface area contributed by atoms with Crippen molar-refractivity contribution >= 4 is 5.91 Å². The number of carbonyl (C=O) groups excluding carboxylic acids is 1. The van der Waals surface area contributed by atoms with Gasteiger partial charge >= 0.3 is 0 Å². The first-order valence-corrected chi connectivity index (χ1v) is 6.30. The molecule has 0 unspecified atom stereocenters. The van der Waals surface area contributed by atoms with E-state index in [1.165, 1.54) is 0 Å². The van der Waals surface area contributed by atoms with Gasteiger partial charge in [0, 0.05) is 12.6 Å². The van der Waals surface area contributed by atoms with Crippen molar-refractivity contribution in [2.75, 3.05) is 7.05 Å². The van der Waals surface area contributed by atoms with Gasteiger partial charge in [-0.3, -0.25) is 4.79 Å². The number of rotatable bonds is 5. The van der Waals surface area contributed by atoms with E-state index in [1.807, 2.05) is 27.7 Å². The monoisotopic (exact) mass is 253 g/mol. The second-order valence-electron chi connectivity index (χ2n) is 4.91. The summed E-state index contributed by atoms with van der Waals surface area (Å²) in [5.41, 5.74) is 7.73. The molecule has 0 saturated carbocycles. The molecule has 0 aliphatic rings. The SMILES string of the molecule is CC[C@H](C)[C@H](N)C(=O)N(C)Cc1c(C)noc1C. The number of nitrogens with zero attached hydrogens (tertiary/aromatic N) is 2. The number of likely N-dealkylation sites (N-methyl/N-ethyl adjacent to an activating group) is 1. The topological polar surface area (TPSA) is 72.4 Å². The van der Waals surface area contributed by atoms with E-state index in [0.29, 0.717) is 6.54 Å². The van der Waals surface area contributed by atoms with E-state index in [1.54, 1.807) is 11.9 Å². The fourth-order valence-electron chi connectivity index (χ4n) is 1.79. The first-order chi connectivity index (χ1) is 8.38. The summed E-state index contributed by atoms with van der Waals surface area (Å²) in [6.07, 6.45) is 0.895. The fourth-order valence-corrected chi connectivity index (χ4v) is 1.79. The van der Waals surface area contributed by atoms with Crippen LogP contribution in [0.1, 0.15) is 37.3 Å². The minimum Gasteiger partial charge on any atom is -0.361 e. The summed E-state index contributed by atoms with van der Waals surface area (Å²) in [7, 11) is 1.76. The van der Waals surface area contributed by atoms with Crippen LogP contribution in [0.25, 0.3) is 0 Å². The molecule has 102 valence electrons. The third-order valence-corrected chi connectivity index (χ3v) is 3.49. The molecule has 0 fully saturated rings. The average molecular weight is 253 g/mol. The molecular weight excluding hydrogens is 230 g/mol. The molecule has 0 radical (unpaired) electrons. The predicted molar refractivity (Wildman–Crippen MR) is 69.9 cm³/mol. The molecule has 2 N–H and O–H groups in total. The molecule has 0 aromatic carbocycles. The van der Waals surface area contributed by atoms with Crippen molar-refractivity contribution in [1.82, 2.24) is 10.1 Å². The van der Waals surface area contributed by atoms with Crippen LogP contribution in [0.2, 0.25) is 0 Å². The van der Waals surface area contributed by atoms with Crippen LogP contribution in [-0.2, 0) is 11.3 Å². The zero-order valence-corrected chi connectivity index (χ0v) is 11.9. The molecular formula is C13H23N3O2. The standard InChI is InChI=1S/C13H23N3O2/c1-6-8(2)12(14)13(17)16(5)7-11-9(3)15-18-10(11)4/h8,12H,6-7,14H2,1-5H3/t8-,12-/m0/s1. The van der Waals surface area contributed by atoms with Crippen molar-refractivity contribution < 1.29 is 9.32 Å². The highest BCUT2D eigenvalue weighted by Gasteiger charge is 2.24. The molecule has 0 aliphatic carbocycles. The Bertz CT molecular complexity index is 395. The van der Waals surface area contributed by atoms with Gasteiger partial charge in [0.05, 0.1) is 18.3 Å². The zero-order chi connectivity index (χ0) is 13.9.